The second kappa shape index (κ2) is 6.16. The number of fused-ring (bicyclic) bond motifs is 1. The van der Waals surface area contributed by atoms with Crippen molar-refractivity contribution in [3.8, 4) is 11.5 Å². The van der Waals surface area contributed by atoms with E-state index in [9.17, 15) is 4.79 Å². The van der Waals surface area contributed by atoms with Crippen LogP contribution in [0.15, 0.2) is 18.2 Å². The number of carboxylic acids is 1. The first-order valence-corrected chi connectivity index (χ1v) is 7.99. The molecule has 1 spiro atoms. The molecule has 1 saturated heterocycles. The zero-order valence-corrected chi connectivity index (χ0v) is 13.0. The van der Waals surface area contributed by atoms with Crippen LogP contribution in [0, 0.1) is 0 Å². The van der Waals surface area contributed by atoms with Crippen molar-refractivity contribution < 1.29 is 19.4 Å². The first-order valence-electron chi connectivity index (χ1n) is 7.99. The fraction of sp³-hybridized carbons (Fsp3) is 0.588. The molecule has 2 aliphatic rings. The Morgan fingerprint density at radius 1 is 1.45 bits per heavy atom. The van der Waals surface area contributed by atoms with E-state index in [1.165, 1.54) is 5.56 Å². The van der Waals surface area contributed by atoms with Crippen molar-refractivity contribution in [3.05, 3.63) is 23.8 Å². The first kappa shape index (κ1) is 15.2. The Balaban J connectivity index is 1.68. The van der Waals surface area contributed by atoms with Crippen LogP contribution >= 0.6 is 0 Å². The minimum atomic E-state index is -0.739. The summed E-state index contributed by atoms with van der Waals surface area (Å²) >= 11 is 0. The Morgan fingerprint density at radius 2 is 2.32 bits per heavy atom. The standard InChI is InChI=1S/C17H23NO4/c1-2-21-14-4-3-13-5-7-17(22-15(13)11-14)8-10-18(12-17)9-6-16(19)20/h3-4,11H,2,5-10,12H2,1H3,(H,19,20). The summed E-state index contributed by atoms with van der Waals surface area (Å²) in [6, 6.07) is 6.07. The van der Waals surface area contributed by atoms with Gasteiger partial charge in [-0.2, -0.15) is 0 Å². The number of hydrogen-bond acceptors (Lipinski definition) is 4. The van der Waals surface area contributed by atoms with Gasteiger partial charge >= 0.3 is 5.97 Å². The summed E-state index contributed by atoms with van der Waals surface area (Å²) in [5.74, 6) is 1.04. The molecule has 22 heavy (non-hydrogen) atoms. The van der Waals surface area contributed by atoms with Crippen molar-refractivity contribution in [1.82, 2.24) is 4.90 Å². The zero-order chi connectivity index (χ0) is 15.6. The fourth-order valence-electron chi connectivity index (χ4n) is 3.40. The number of aliphatic carboxylic acids is 1. The van der Waals surface area contributed by atoms with Gasteiger partial charge in [-0.15, -0.1) is 0 Å². The highest BCUT2D eigenvalue weighted by Gasteiger charge is 2.42. The lowest BCUT2D eigenvalue weighted by Gasteiger charge is -2.36. The first-order chi connectivity index (χ1) is 10.6. The topological polar surface area (TPSA) is 59.0 Å². The van der Waals surface area contributed by atoms with Crippen LogP contribution in [-0.2, 0) is 11.2 Å². The number of carbonyl (C=O) groups is 1. The number of ether oxygens (including phenoxy) is 2. The number of nitrogens with zero attached hydrogens (tertiary/aromatic N) is 1. The molecule has 3 rings (SSSR count). The maximum Gasteiger partial charge on any atom is 0.304 e. The van der Waals surface area contributed by atoms with Gasteiger partial charge in [-0.05, 0) is 31.4 Å². The molecule has 5 nitrogen and oxygen atoms in total. The van der Waals surface area contributed by atoms with Crippen LogP contribution < -0.4 is 9.47 Å². The molecular weight excluding hydrogens is 282 g/mol. The molecule has 2 aliphatic heterocycles. The van der Waals surface area contributed by atoms with Gasteiger partial charge in [0.25, 0.3) is 0 Å². The Bertz CT molecular complexity index is 560. The minimum absolute atomic E-state index is 0.156. The highest BCUT2D eigenvalue weighted by atomic mass is 16.5. The van der Waals surface area contributed by atoms with Gasteiger partial charge in [0.2, 0.25) is 0 Å². The van der Waals surface area contributed by atoms with E-state index < -0.39 is 5.97 Å². The molecule has 5 heteroatoms. The number of benzene rings is 1. The average molecular weight is 305 g/mol. The van der Waals surface area contributed by atoms with Gasteiger partial charge < -0.3 is 14.6 Å². The highest BCUT2D eigenvalue weighted by Crippen LogP contribution is 2.40. The third-order valence-electron chi connectivity index (χ3n) is 4.56. The molecule has 2 heterocycles. The second-order valence-corrected chi connectivity index (χ2v) is 6.16. The minimum Gasteiger partial charge on any atom is -0.494 e. The van der Waals surface area contributed by atoms with Gasteiger partial charge in [0, 0.05) is 32.1 Å². The van der Waals surface area contributed by atoms with E-state index in [1.807, 2.05) is 19.1 Å². The van der Waals surface area contributed by atoms with E-state index in [-0.39, 0.29) is 12.0 Å². The van der Waals surface area contributed by atoms with Crippen molar-refractivity contribution >= 4 is 5.97 Å². The summed E-state index contributed by atoms with van der Waals surface area (Å²) in [6.45, 7) is 4.95. The summed E-state index contributed by atoms with van der Waals surface area (Å²) in [4.78, 5) is 12.9. The van der Waals surface area contributed by atoms with Crippen LogP contribution in [-0.4, -0.2) is 47.8 Å². The SMILES string of the molecule is CCOc1ccc2c(c1)OC1(CC2)CCN(CCC(=O)O)C1. The Hall–Kier alpha value is -1.75. The molecule has 1 fully saturated rings. The fourth-order valence-corrected chi connectivity index (χ4v) is 3.40. The lowest BCUT2D eigenvalue weighted by molar-refractivity contribution is -0.137. The molecular formula is C17H23NO4. The second-order valence-electron chi connectivity index (χ2n) is 6.16. The maximum atomic E-state index is 10.7. The predicted molar refractivity (Wildman–Crippen MR) is 82.6 cm³/mol. The van der Waals surface area contributed by atoms with Crippen LogP contribution in [0.25, 0.3) is 0 Å². The highest BCUT2D eigenvalue weighted by molar-refractivity contribution is 5.66. The summed E-state index contributed by atoms with van der Waals surface area (Å²) in [5.41, 5.74) is 1.08. The molecule has 0 aromatic heterocycles. The van der Waals surface area contributed by atoms with Gasteiger partial charge in [-0.25, -0.2) is 0 Å². The van der Waals surface area contributed by atoms with E-state index >= 15 is 0 Å². The van der Waals surface area contributed by atoms with Crippen molar-refractivity contribution in [3.63, 3.8) is 0 Å². The summed E-state index contributed by atoms with van der Waals surface area (Å²) in [7, 11) is 0. The zero-order valence-electron chi connectivity index (χ0n) is 13.0. The van der Waals surface area contributed by atoms with E-state index in [4.69, 9.17) is 14.6 Å². The largest absolute Gasteiger partial charge is 0.494 e. The van der Waals surface area contributed by atoms with E-state index in [0.717, 1.165) is 43.9 Å². The van der Waals surface area contributed by atoms with E-state index in [0.29, 0.717) is 13.2 Å². The molecule has 120 valence electrons. The maximum absolute atomic E-state index is 10.7. The van der Waals surface area contributed by atoms with Gasteiger partial charge in [-0.1, -0.05) is 6.07 Å². The molecule has 0 amide bonds. The van der Waals surface area contributed by atoms with Crippen molar-refractivity contribution in [2.45, 2.75) is 38.2 Å². The van der Waals surface area contributed by atoms with E-state index in [2.05, 4.69) is 11.0 Å². The molecule has 0 bridgehead atoms. The number of likely N-dealkylation sites (tertiary alicyclic amines) is 1. The molecule has 0 aliphatic carbocycles. The van der Waals surface area contributed by atoms with E-state index in [1.54, 1.807) is 0 Å². The third kappa shape index (κ3) is 3.19. The van der Waals surface area contributed by atoms with Gasteiger partial charge in [-0.3, -0.25) is 9.69 Å². The summed E-state index contributed by atoms with van der Waals surface area (Å²) in [6.07, 6.45) is 3.16. The Kier molecular flexibility index (Phi) is 4.25. The Morgan fingerprint density at radius 3 is 3.09 bits per heavy atom. The van der Waals surface area contributed by atoms with Gasteiger partial charge in [0.05, 0.1) is 13.0 Å². The smallest absolute Gasteiger partial charge is 0.304 e. The molecule has 0 radical (unpaired) electrons. The molecule has 0 saturated carbocycles. The third-order valence-corrected chi connectivity index (χ3v) is 4.56. The molecule has 1 aromatic carbocycles. The van der Waals surface area contributed by atoms with Crippen LogP contribution in [0.4, 0.5) is 0 Å². The normalized spacial score (nSPS) is 24.0. The van der Waals surface area contributed by atoms with Crippen molar-refractivity contribution in [2.75, 3.05) is 26.2 Å². The predicted octanol–water partition coefficient (Wildman–Crippen LogP) is 2.33. The van der Waals surface area contributed by atoms with Crippen molar-refractivity contribution in [1.29, 1.82) is 0 Å². The molecule has 1 atom stereocenters. The monoisotopic (exact) mass is 305 g/mol. The number of hydrogen-bond donors (Lipinski definition) is 1. The lowest BCUT2D eigenvalue weighted by atomic mass is 9.90. The quantitative estimate of drug-likeness (QED) is 0.905. The van der Waals surface area contributed by atoms with Crippen LogP contribution in [0.3, 0.4) is 0 Å². The van der Waals surface area contributed by atoms with Crippen LogP contribution in [0.2, 0.25) is 0 Å². The summed E-state index contributed by atoms with van der Waals surface area (Å²) < 4.78 is 11.9. The molecule has 1 N–H and O–H groups in total. The van der Waals surface area contributed by atoms with Crippen molar-refractivity contribution in [2.24, 2.45) is 0 Å². The lowest BCUT2D eigenvalue weighted by Crippen LogP contribution is -2.42. The summed E-state index contributed by atoms with van der Waals surface area (Å²) in [5, 5.41) is 8.82. The number of aryl methyl sites for hydroxylation is 1. The average Bonchev–Trinajstić information content (AvgIpc) is 2.88. The Labute approximate surface area is 130 Å². The molecule has 1 aromatic rings. The number of carboxylic acid groups (broad SMARTS) is 1. The van der Waals surface area contributed by atoms with Gasteiger partial charge in [0.15, 0.2) is 0 Å². The van der Waals surface area contributed by atoms with Crippen LogP contribution in [0.1, 0.15) is 31.7 Å². The van der Waals surface area contributed by atoms with Gasteiger partial charge in [0.1, 0.15) is 17.1 Å². The van der Waals surface area contributed by atoms with Crippen LogP contribution in [0.5, 0.6) is 11.5 Å². The molecule has 1 unspecified atom stereocenters. The number of rotatable bonds is 5.